The molecule has 110 valence electrons. The number of pyridine rings is 1. The number of hydrogen-bond donors (Lipinski definition) is 2. The molecular weight excluding hydrogens is 256 g/mol. The fourth-order valence-electron chi connectivity index (χ4n) is 2.85. The standard InChI is InChI=1S/C15H22N2O3/c1-3-11-4-7-15(8-5-11,14(18)19)17-12-6-9-16-13(10-12)20-2/h6,9-11H,3-5,7-8H2,1-2H3,(H,16,17)(H,18,19). The van der Waals surface area contributed by atoms with Crippen LogP contribution >= 0.6 is 0 Å². The quantitative estimate of drug-likeness (QED) is 0.866. The van der Waals surface area contributed by atoms with Gasteiger partial charge in [0.05, 0.1) is 7.11 Å². The van der Waals surface area contributed by atoms with E-state index in [1.54, 1.807) is 25.4 Å². The van der Waals surface area contributed by atoms with E-state index in [1.807, 2.05) is 0 Å². The number of rotatable bonds is 5. The van der Waals surface area contributed by atoms with Crippen LogP contribution in [0.5, 0.6) is 5.88 Å². The van der Waals surface area contributed by atoms with Crippen molar-refractivity contribution in [1.29, 1.82) is 0 Å². The lowest BCUT2D eigenvalue weighted by Crippen LogP contribution is -2.49. The van der Waals surface area contributed by atoms with Crippen molar-refractivity contribution in [2.24, 2.45) is 5.92 Å². The van der Waals surface area contributed by atoms with Gasteiger partial charge in [-0.05, 0) is 37.7 Å². The number of carboxylic acid groups (broad SMARTS) is 1. The SMILES string of the molecule is CCC1CCC(Nc2ccnc(OC)c2)(C(=O)O)CC1. The molecule has 20 heavy (non-hydrogen) atoms. The van der Waals surface area contributed by atoms with Crippen LogP contribution in [0.4, 0.5) is 5.69 Å². The van der Waals surface area contributed by atoms with E-state index in [-0.39, 0.29) is 0 Å². The Labute approximate surface area is 119 Å². The number of nitrogens with zero attached hydrogens (tertiary/aromatic N) is 1. The molecule has 0 atom stereocenters. The van der Waals surface area contributed by atoms with Crippen LogP contribution in [0.2, 0.25) is 0 Å². The molecule has 5 nitrogen and oxygen atoms in total. The minimum atomic E-state index is -0.863. The summed E-state index contributed by atoms with van der Waals surface area (Å²) in [6.45, 7) is 2.17. The predicted molar refractivity (Wildman–Crippen MR) is 77.0 cm³/mol. The number of nitrogens with one attached hydrogen (secondary N) is 1. The first kappa shape index (κ1) is 14.6. The molecule has 0 aliphatic heterocycles. The van der Waals surface area contributed by atoms with Crippen molar-refractivity contribution < 1.29 is 14.6 Å². The molecule has 0 spiro atoms. The average molecular weight is 278 g/mol. The van der Waals surface area contributed by atoms with Gasteiger partial charge in [-0.15, -0.1) is 0 Å². The lowest BCUT2D eigenvalue weighted by atomic mass is 9.75. The number of aliphatic carboxylic acids is 1. The Morgan fingerprint density at radius 1 is 1.55 bits per heavy atom. The molecule has 1 aliphatic rings. The van der Waals surface area contributed by atoms with Crippen LogP contribution in [0.15, 0.2) is 18.3 Å². The summed E-state index contributed by atoms with van der Waals surface area (Å²) in [5, 5.41) is 12.8. The van der Waals surface area contributed by atoms with Gasteiger partial charge in [0.25, 0.3) is 0 Å². The fourth-order valence-corrected chi connectivity index (χ4v) is 2.85. The normalized spacial score (nSPS) is 26.0. The molecule has 2 rings (SSSR count). The smallest absolute Gasteiger partial charge is 0.329 e. The van der Waals surface area contributed by atoms with E-state index in [0.29, 0.717) is 24.6 Å². The molecular formula is C15H22N2O3. The van der Waals surface area contributed by atoms with E-state index in [2.05, 4.69) is 17.2 Å². The maximum Gasteiger partial charge on any atom is 0.329 e. The lowest BCUT2D eigenvalue weighted by molar-refractivity contribution is -0.143. The number of ether oxygens (including phenoxy) is 1. The first-order chi connectivity index (χ1) is 9.59. The van der Waals surface area contributed by atoms with Crippen LogP contribution in [0.25, 0.3) is 0 Å². The summed E-state index contributed by atoms with van der Waals surface area (Å²) in [5.74, 6) is 0.358. The van der Waals surface area contributed by atoms with Gasteiger partial charge < -0.3 is 15.2 Å². The molecule has 1 aliphatic carbocycles. The van der Waals surface area contributed by atoms with E-state index >= 15 is 0 Å². The second kappa shape index (κ2) is 6.11. The van der Waals surface area contributed by atoms with E-state index in [1.165, 1.54) is 0 Å². The van der Waals surface area contributed by atoms with Gasteiger partial charge in [-0.25, -0.2) is 9.78 Å². The predicted octanol–water partition coefficient (Wildman–Crippen LogP) is 2.93. The number of methoxy groups -OCH3 is 1. The molecule has 0 saturated heterocycles. The third kappa shape index (κ3) is 3.03. The molecule has 1 fully saturated rings. The van der Waals surface area contributed by atoms with E-state index < -0.39 is 11.5 Å². The van der Waals surface area contributed by atoms with Gasteiger partial charge in [0.1, 0.15) is 5.54 Å². The summed E-state index contributed by atoms with van der Waals surface area (Å²) >= 11 is 0. The summed E-state index contributed by atoms with van der Waals surface area (Å²) in [6.07, 6.45) is 5.97. The van der Waals surface area contributed by atoms with Crippen molar-refractivity contribution in [3.05, 3.63) is 18.3 Å². The summed E-state index contributed by atoms with van der Waals surface area (Å²) in [5.41, 5.74) is -0.118. The van der Waals surface area contributed by atoms with Crippen molar-refractivity contribution in [3.8, 4) is 5.88 Å². The molecule has 1 aromatic rings. The van der Waals surface area contributed by atoms with Gasteiger partial charge in [-0.3, -0.25) is 0 Å². The topological polar surface area (TPSA) is 71.5 Å². The Kier molecular flexibility index (Phi) is 4.47. The third-order valence-corrected chi connectivity index (χ3v) is 4.27. The molecule has 1 aromatic heterocycles. The van der Waals surface area contributed by atoms with Crippen LogP contribution < -0.4 is 10.1 Å². The number of carboxylic acids is 1. The van der Waals surface area contributed by atoms with Crippen molar-refractivity contribution in [2.75, 3.05) is 12.4 Å². The summed E-state index contributed by atoms with van der Waals surface area (Å²) < 4.78 is 5.07. The van der Waals surface area contributed by atoms with E-state index in [0.717, 1.165) is 24.9 Å². The fraction of sp³-hybridized carbons (Fsp3) is 0.600. The molecule has 1 heterocycles. The van der Waals surface area contributed by atoms with Crippen molar-refractivity contribution in [3.63, 3.8) is 0 Å². The monoisotopic (exact) mass is 278 g/mol. The number of aromatic nitrogens is 1. The molecule has 5 heteroatoms. The Balaban J connectivity index is 2.15. The van der Waals surface area contributed by atoms with Gasteiger partial charge in [0.15, 0.2) is 0 Å². The highest BCUT2D eigenvalue weighted by Crippen LogP contribution is 2.36. The van der Waals surface area contributed by atoms with Crippen LogP contribution in [0, 0.1) is 5.92 Å². The van der Waals surface area contributed by atoms with E-state index in [9.17, 15) is 9.90 Å². The summed E-state index contributed by atoms with van der Waals surface area (Å²) in [6, 6.07) is 3.51. The van der Waals surface area contributed by atoms with Crippen molar-refractivity contribution >= 4 is 11.7 Å². The van der Waals surface area contributed by atoms with Crippen LogP contribution in [-0.2, 0) is 4.79 Å². The van der Waals surface area contributed by atoms with Gasteiger partial charge in [0.2, 0.25) is 5.88 Å². The highest BCUT2D eigenvalue weighted by molar-refractivity contribution is 5.83. The van der Waals surface area contributed by atoms with Crippen LogP contribution in [-0.4, -0.2) is 28.7 Å². The highest BCUT2D eigenvalue weighted by Gasteiger charge is 2.41. The first-order valence-corrected chi connectivity index (χ1v) is 7.11. The molecule has 0 aromatic carbocycles. The molecule has 1 saturated carbocycles. The zero-order valence-corrected chi connectivity index (χ0v) is 12.1. The maximum atomic E-state index is 11.7. The third-order valence-electron chi connectivity index (χ3n) is 4.27. The zero-order valence-electron chi connectivity index (χ0n) is 12.1. The van der Waals surface area contributed by atoms with Crippen molar-refractivity contribution in [2.45, 2.75) is 44.6 Å². The maximum absolute atomic E-state index is 11.7. The number of carbonyl (C=O) groups is 1. The molecule has 0 radical (unpaired) electrons. The largest absolute Gasteiger partial charge is 0.481 e. The second-order valence-electron chi connectivity index (χ2n) is 5.45. The lowest BCUT2D eigenvalue weighted by Gasteiger charge is -2.38. The Bertz CT molecular complexity index is 468. The van der Waals surface area contributed by atoms with Crippen LogP contribution in [0.3, 0.4) is 0 Å². The highest BCUT2D eigenvalue weighted by atomic mass is 16.5. The Morgan fingerprint density at radius 2 is 2.25 bits per heavy atom. The van der Waals surface area contributed by atoms with E-state index in [4.69, 9.17) is 4.74 Å². The van der Waals surface area contributed by atoms with Gasteiger partial charge >= 0.3 is 5.97 Å². The Morgan fingerprint density at radius 3 is 2.80 bits per heavy atom. The van der Waals surface area contributed by atoms with Crippen LogP contribution in [0.1, 0.15) is 39.0 Å². The number of anilines is 1. The molecule has 2 N–H and O–H groups in total. The molecule has 0 amide bonds. The van der Waals surface area contributed by atoms with Gasteiger partial charge in [0, 0.05) is 18.0 Å². The molecule has 0 unspecified atom stereocenters. The number of hydrogen-bond acceptors (Lipinski definition) is 4. The Hall–Kier alpha value is -1.78. The minimum Gasteiger partial charge on any atom is -0.481 e. The van der Waals surface area contributed by atoms with Gasteiger partial charge in [-0.2, -0.15) is 0 Å². The van der Waals surface area contributed by atoms with Gasteiger partial charge in [-0.1, -0.05) is 13.3 Å². The minimum absolute atomic E-state index is 0.484. The molecule has 0 bridgehead atoms. The zero-order chi connectivity index (χ0) is 14.6. The average Bonchev–Trinajstić information content (AvgIpc) is 2.48. The summed E-state index contributed by atoms with van der Waals surface area (Å²) in [4.78, 5) is 15.8. The van der Waals surface area contributed by atoms with Crippen molar-refractivity contribution in [1.82, 2.24) is 4.98 Å². The first-order valence-electron chi connectivity index (χ1n) is 7.11. The summed E-state index contributed by atoms with van der Waals surface area (Å²) in [7, 11) is 1.55. The second-order valence-corrected chi connectivity index (χ2v) is 5.45.